The van der Waals surface area contributed by atoms with Gasteiger partial charge in [0, 0.05) is 61.6 Å². The van der Waals surface area contributed by atoms with Crippen molar-refractivity contribution in [1.82, 2.24) is 0 Å². The van der Waals surface area contributed by atoms with Crippen molar-refractivity contribution in [2.24, 2.45) is 0 Å². The number of ether oxygens (including phenoxy) is 4. The first-order valence-corrected chi connectivity index (χ1v) is 28.6. The Morgan fingerprint density at radius 2 is 0.769 bits per heavy atom. The first-order chi connectivity index (χ1) is 30.6. The number of benzene rings is 8. The van der Waals surface area contributed by atoms with Crippen molar-refractivity contribution in [3.8, 4) is 51.0 Å². The smallest absolute Gasteiger partial charge is 0.496 e. The van der Waals surface area contributed by atoms with Crippen molar-refractivity contribution in [3.63, 3.8) is 0 Å². The highest BCUT2D eigenvalue weighted by Crippen LogP contribution is 2.52. The minimum Gasteiger partial charge on any atom is -0.496 e. The van der Waals surface area contributed by atoms with E-state index in [1.54, 1.807) is 26.4 Å². The molecule has 0 heterocycles. The maximum absolute atomic E-state index is 13.4. The number of hydrogen-bond donors (Lipinski definition) is 0. The van der Waals surface area contributed by atoms with Crippen molar-refractivity contribution in [2.45, 2.75) is 12.4 Å². The molecule has 0 aliphatic carbocycles. The summed E-state index contributed by atoms with van der Waals surface area (Å²) in [6.45, 7) is 1.93. The van der Waals surface area contributed by atoms with E-state index in [9.17, 15) is 21.6 Å². The molecule has 0 radical (unpaired) electrons. The van der Waals surface area contributed by atoms with Gasteiger partial charge in [0.15, 0.2) is 5.75 Å². The van der Waals surface area contributed by atoms with E-state index in [2.05, 4.69) is 184 Å². The standard InChI is InChI=1S/C24H15F3I4O5S.C22H14I4O2/c1-10-4-11(28)5-13-15(30)8-17(34-2)22(20(10)13)23-18(35-3)9-16(31)14-6-12(29)7-19(21(14)23)36-37(32,33)24(25,26)27;1-27-19-9-17(25)15-7-11(23)3-5-13(15)21(19)22-14-6-4-12(24)8-16(14)18(26)10-20(22)28-2/h4-9H,1-3H3;3-10H,1-2H3. The summed E-state index contributed by atoms with van der Waals surface area (Å²) in [5.41, 5.74) is -1.63. The molecule has 0 bridgehead atoms. The summed E-state index contributed by atoms with van der Waals surface area (Å²) in [6.07, 6.45) is 0. The molecule has 8 aromatic carbocycles. The number of methoxy groups -OCH3 is 4. The number of hydrogen-bond acceptors (Lipinski definition) is 7. The maximum atomic E-state index is 13.4. The van der Waals surface area contributed by atoms with Crippen molar-refractivity contribution < 1.29 is 44.7 Å². The van der Waals surface area contributed by atoms with Crippen LogP contribution in [0.1, 0.15) is 5.56 Å². The molecule has 0 aliphatic rings. The number of rotatable bonds is 8. The molecular formula is C46H29F3I8O7S. The Morgan fingerprint density at radius 3 is 1.18 bits per heavy atom. The van der Waals surface area contributed by atoms with E-state index in [0.717, 1.165) is 46.1 Å². The fourth-order valence-corrected chi connectivity index (χ4v) is 13.3. The molecule has 0 unspecified atom stereocenters. The second-order valence-electron chi connectivity index (χ2n) is 14.1. The highest BCUT2D eigenvalue weighted by Gasteiger charge is 2.49. The topological polar surface area (TPSA) is 80.3 Å². The molecule has 0 saturated carbocycles. The summed E-state index contributed by atoms with van der Waals surface area (Å²) in [7, 11) is 0.459. The molecule has 0 saturated heterocycles. The van der Waals surface area contributed by atoms with E-state index in [4.69, 9.17) is 23.1 Å². The van der Waals surface area contributed by atoms with Gasteiger partial charge in [-0.1, -0.05) is 12.1 Å². The third-order valence-corrected chi connectivity index (χ3v) is 17.4. The van der Waals surface area contributed by atoms with Crippen LogP contribution in [0.25, 0.3) is 65.3 Å². The van der Waals surface area contributed by atoms with Crippen LogP contribution in [-0.2, 0) is 10.1 Å². The molecule has 0 aromatic heterocycles. The highest BCUT2D eigenvalue weighted by atomic mass is 127. The van der Waals surface area contributed by atoms with Gasteiger partial charge in [-0.15, -0.1) is 0 Å². The molecule has 8 aromatic rings. The van der Waals surface area contributed by atoms with Crippen molar-refractivity contribution in [2.75, 3.05) is 28.4 Å². The van der Waals surface area contributed by atoms with E-state index in [1.165, 1.54) is 56.1 Å². The van der Waals surface area contributed by atoms with Gasteiger partial charge in [-0.05, 0) is 298 Å². The molecule has 8 rings (SSSR count). The van der Waals surface area contributed by atoms with Crippen LogP contribution < -0.4 is 23.1 Å². The molecule has 0 spiro atoms. The normalized spacial score (nSPS) is 11.8. The molecule has 19 heteroatoms. The van der Waals surface area contributed by atoms with E-state index < -0.39 is 21.4 Å². The molecule has 0 N–H and O–H groups in total. The van der Waals surface area contributed by atoms with Gasteiger partial charge in [-0.3, -0.25) is 0 Å². The zero-order chi connectivity index (χ0) is 47.4. The average Bonchev–Trinajstić information content (AvgIpc) is 3.24. The SMILES string of the molecule is COc1cc(I)c2cc(I)cc(C)c2c1-c1c(OC)cc(I)c2cc(I)cc(OS(=O)(=O)C(F)(F)F)c12.COc1cc(I)c2cc(I)ccc2c1-c1c(OC)cc(I)c2cc(I)ccc12. The van der Waals surface area contributed by atoms with Gasteiger partial charge in [-0.2, -0.15) is 21.6 Å². The Morgan fingerprint density at radius 1 is 0.415 bits per heavy atom. The van der Waals surface area contributed by atoms with Crippen LogP contribution in [0.4, 0.5) is 13.2 Å². The van der Waals surface area contributed by atoms with Crippen LogP contribution >= 0.6 is 181 Å². The van der Waals surface area contributed by atoms with Gasteiger partial charge in [0.1, 0.15) is 23.0 Å². The lowest BCUT2D eigenvalue weighted by Gasteiger charge is -2.22. The predicted molar refractivity (Wildman–Crippen MR) is 322 cm³/mol. The Hall–Kier alpha value is -0.620. The lowest BCUT2D eigenvalue weighted by molar-refractivity contribution is -0.0499. The average molecular weight is 1800 g/mol. The zero-order valence-electron chi connectivity index (χ0n) is 34.0. The molecule has 65 heavy (non-hydrogen) atoms. The lowest BCUT2D eigenvalue weighted by Crippen LogP contribution is -2.28. The van der Waals surface area contributed by atoms with E-state index in [0.29, 0.717) is 35.2 Å². The molecule has 0 fully saturated rings. The Labute approximate surface area is 482 Å². The first-order valence-electron chi connectivity index (χ1n) is 18.5. The van der Waals surface area contributed by atoms with Gasteiger partial charge in [-0.25, -0.2) is 0 Å². The number of halogens is 11. The third-order valence-electron chi connectivity index (χ3n) is 10.3. The third kappa shape index (κ3) is 10.4. The van der Waals surface area contributed by atoms with Crippen LogP contribution in [0.2, 0.25) is 0 Å². The molecule has 0 aliphatic heterocycles. The molecule has 7 nitrogen and oxygen atoms in total. The summed E-state index contributed by atoms with van der Waals surface area (Å²) >= 11 is 17.9. The fraction of sp³-hybridized carbons (Fsp3) is 0.130. The summed E-state index contributed by atoms with van der Waals surface area (Å²) in [5.74, 6) is 2.04. The van der Waals surface area contributed by atoms with E-state index in [1.807, 2.05) is 70.3 Å². The second-order valence-corrected chi connectivity index (χ2v) is 25.2. The molecular weight excluding hydrogens is 1770 g/mol. The predicted octanol–water partition coefficient (Wildman–Crippen LogP) is 16.7. The highest BCUT2D eigenvalue weighted by molar-refractivity contribution is 14.1. The fourth-order valence-electron chi connectivity index (χ4n) is 7.61. The minimum atomic E-state index is -5.95. The van der Waals surface area contributed by atoms with Crippen molar-refractivity contribution >= 4 is 234 Å². The maximum Gasteiger partial charge on any atom is 0.534 e. The van der Waals surface area contributed by atoms with Gasteiger partial charge in [0.2, 0.25) is 0 Å². The van der Waals surface area contributed by atoms with Crippen LogP contribution in [0.3, 0.4) is 0 Å². The van der Waals surface area contributed by atoms with Gasteiger partial charge >= 0.3 is 15.6 Å². The van der Waals surface area contributed by atoms with Gasteiger partial charge in [0.25, 0.3) is 0 Å². The largest absolute Gasteiger partial charge is 0.534 e. The monoisotopic (exact) mass is 1800 g/mol. The Bertz CT molecular complexity index is 3270. The quantitative estimate of drug-likeness (QED) is 0.0852. The van der Waals surface area contributed by atoms with Crippen LogP contribution in [-0.4, -0.2) is 42.4 Å². The number of fused-ring (bicyclic) bond motifs is 4. The Balaban J connectivity index is 0.000000201. The first kappa shape index (κ1) is 52.2. The zero-order valence-corrected chi connectivity index (χ0v) is 52.1. The van der Waals surface area contributed by atoms with Crippen molar-refractivity contribution in [3.05, 3.63) is 119 Å². The molecule has 0 amide bonds. The summed E-state index contributed by atoms with van der Waals surface area (Å²) in [5, 5.41) is 7.17. The van der Waals surface area contributed by atoms with E-state index in [-0.39, 0.29) is 5.39 Å². The minimum absolute atomic E-state index is 0.163. The summed E-state index contributed by atoms with van der Waals surface area (Å²) in [6, 6.07) is 27.9. The van der Waals surface area contributed by atoms with Crippen LogP contribution in [0.15, 0.2) is 84.9 Å². The Kier molecular flexibility index (Phi) is 16.9. The molecule has 338 valence electrons. The van der Waals surface area contributed by atoms with Crippen LogP contribution in [0, 0.1) is 35.5 Å². The second kappa shape index (κ2) is 21.0. The summed E-state index contributed by atoms with van der Waals surface area (Å²) in [4.78, 5) is 0. The van der Waals surface area contributed by atoms with Crippen molar-refractivity contribution in [1.29, 1.82) is 0 Å². The number of aryl methyl sites for hydroxylation is 1. The van der Waals surface area contributed by atoms with Crippen LogP contribution in [0.5, 0.6) is 28.7 Å². The van der Waals surface area contributed by atoms with Gasteiger partial charge in [0.05, 0.1) is 28.4 Å². The summed E-state index contributed by atoms with van der Waals surface area (Å²) < 4.78 is 100. The van der Waals surface area contributed by atoms with Gasteiger partial charge < -0.3 is 23.1 Å². The number of alkyl halides is 3. The lowest BCUT2D eigenvalue weighted by atomic mass is 9.90. The molecule has 0 atom stereocenters. The van der Waals surface area contributed by atoms with E-state index >= 15 is 0 Å².